The Morgan fingerprint density at radius 2 is 1.79 bits per heavy atom. The molecule has 1 aromatic rings. The topological polar surface area (TPSA) is 3.24 Å². The molecule has 2 rings (SSSR count). The van der Waals surface area contributed by atoms with Crippen molar-refractivity contribution in [2.24, 2.45) is 11.8 Å². The van der Waals surface area contributed by atoms with E-state index < -0.39 is 0 Å². The van der Waals surface area contributed by atoms with Gasteiger partial charge in [-0.05, 0) is 67.4 Å². The molecule has 1 aliphatic heterocycles. The quantitative estimate of drug-likeness (QED) is 0.784. The first-order chi connectivity index (χ1) is 9.08. The fraction of sp³-hybridized carbons (Fsp3) is 0.647. The third kappa shape index (κ3) is 4.04. The Morgan fingerprint density at radius 3 is 2.37 bits per heavy atom. The van der Waals surface area contributed by atoms with Crippen LogP contribution in [0, 0.1) is 17.7 Å². The molecule has 0 bridgehead atoms. The first kappa shape index (κ1) is 14.5. The van der Waals surface area contributed by atoms with E-state index in [1.807, 2.05) is 0 Å². The van der Waals surface area contributed by atoms with Crippen molar-refractivity contribution >= 4 is 0 Å². The summed E-state index contributed by atoms with van der Waals surface area (Å²) in [5.74, 6) is 1.57. The van der Waals surface area contributed by atoms with E-state index in [4.69, 9.17) is 0 Å². The molecule has 1 nitrogen and oxygen atoms in total. The van der Waals surface area contributed by atoms with Crippen LogP contribution in [-0.2, 0) is 13.0 Å². The predicted molar refractivity (Wildman–Crippen MR) is 78.6 cm³/mol. The summed E-state index contributed by atoms with van der Waals surface area (Å²) in [5, 5.41) is 0. The van der Waals surface area contributed by atoms with Crippen LogP contribution in [0.25, 0.3) is 0 Å². The molecule has 1 aromatic carbocycles. The van der Waals surface area contributed by atoms with Gasteiger partial charge >= 0.3 is 0 Å². The standard InChI is InChI=1S/C17H26FN/c1-4-14-9-15(11-17(18)10-14)12-19-7-5-16(6-8-19)13(2)3/h9-11,13,16H,4-8,12H2,1-3H3. The molecule has 1 aliphatic rings. The zero-order valence-corrected chi connectivity index (χ0v) is 12.5. The molecular formula is C17H26FN. The van der Waals surface area contributed by atoms with Crippen LogP contribution in [-0.4, -0.2) is 18.0 Å². The molecule has 0 unspecified atom stereocenters. The highest BCUT2D eigenvalue weighted by Crippen LogP contribution is 2.25. The number of rotatable bonds is 4. The minimum absolute atomic E-state index is 0.0913. The second kappa shape index (κ2) is 6.51. The lowest BCUT2D eigenvalue weighted by Gasteiger charge is -2.33. The zero-order valence-electron chi connectivity index (χ0n) is 12.5. The molecule has 0 N–H and O–H groups in total. The van der Waals surface area contributed by atoms with Gasteiger partial charge in [-0.2, -0.15) is 0 Å². The highest BCUT2D eigenvalue weighted by Gasteiger charge is 2.21. The minimum atomic E-state index is -0.0913. The number of likely N-dealkylation sites (tertiary alicyclic amines) is 1. The smallest absolute Gasteiger partial charge is 0.123 e. The number of piperidine rings is 1. The maximum atomic E-state index is 13.5. The fourth-order valence-electron chi connectivity index (χ4n) is 3.05. The van der Waals surface area contributed by atoms with Crippen molar-refractivity contribution in [3.05, 3.63) is 35.1 Å². The van der Waals surface area contributed by atoms with Gasteiger partial charge < -0.3 is 0 Å². The van der Waals surface area contributed by atoms with Gasteiger partial charge in [0, 0.05) is 6.54 Å². The van der Waals surface area contributed by atoms with Gasteiger partial charge in [-0.1, -0.05) is 26.8 Å². The summed E-state index contributed by atoms with van der Waals surface area (Å²) in [6, 6.07) is 5.49. The van der Waals surface area contributed by atoms with E-state index in [9.17, 15) is 4.39 Å². The van der Waals surface area contributed by atoms with E-state index in [1.165, 1.54) is 12.8 Å². The molecule has 0 aromatic heterocycles. The molecule has 2 heteroatoms. The van der Waals surface area contributed by atoms with E-state index in [-0.39, 0.29) is 5.82 Å². The van der Waals surface area contributed by atoms with E-state index in [0.29, 0.717) is 0 Å². The van der Waals surface area contributed by atoms with Gasteiger partial charge in [0.05, 0.1) is 0 Å². The molecule has 0 amide bonds. The van der Waals surface area contributed by atoms with Crippen molar-refractivity contribution in [3.63, 3.8) is 0 Å². The number of aryl methyl sites for hydroxylation is 1. The van der Waals surface area contributed by atoms with Gasteiger partial charge in [0.25, 0.3) is 0 Å². The van der Waals surface area contributed by atoms with Gasteiger partial charge in [-0.25, -0.2) is 4.39 Å². The zero-order chi connectivity index (χ0) is 13.8. The Kier molecular flexibility index (Phi) is 4.98. The molecular weight excluding hydrogens is 237 g/mol. The summed E-state index contributed by atoms with van der Waals surface area (Å²) < 4.78 is 13.5. The Labute approximate surface area is 116 Å². The third-order valence-corrected chi connectivity index (χ3v) is 4.41. The van der Waals surface area contributed by atoms with Crippen LogP contribution in [0.4, 0.5) is 4.39 Å². The highest BCUT2D eigenvalue weighted by atomic mass is 19.1. The maximum Gasteiger partial charge on any atom is 0.123 e. The number of benzene rings is 1. The third-order valence-electron chi connectivity index (χ3n) is 4.41. The molecule has 0 saturated carbocycles. The van der Waals surface area contributed by atoms with Crippen molar-refractivity contribution in [1.29, 1.82) is 0 Å². The molecule has 0 radical (unpaired) electrons. The Hall–Kier alpha value is -0.890. The van der Waals surface area contributed by atoms with Crippen molar-refractivity contribution in [1.82, 2.24) is 4.90 Å². The van der Waals surface area contributed by atoms with Crippen LogP contribution in [0.15, 0.2) is 18.2 Å². The van der Waals surface area contributed by atoms with Gasteiger partial charge in [0.1, 0.15) is 5.82 Å². The molecule has 0 aliphatic carbocycles. The van der Waals surface area contributed by atoms with Crippen LogP contribution in [0.3, 0.4) is 0 Å². The van der Waals surface area contributed by atoms with Crippen LogP contribution < -0.4 is 0 Å². The fourth-order valence-corrected chi connectivity index (χ4v) is 3.05. The lowest BCUT2D eigenvalue weighted by Crippen LogP contribution is -2.34. The second-order valence-corrected chi connectivity index (χ2v) is 6.18. The number of hydrogen-bond donors (Lipinski definition) is 0. The normalized spacial score (nSPS) is 18.2. The Morgan fingerprint density at radius 1 is 1.16 bits per heavy atom. The van der Waals surface area contributed by atoms with E-state index >= 15 is 0 Å². The Bertz CT molecular complexity index is 406. The summed E-state index contributed by atoms with van der Waals surface area (Å²) in [5.41, 5.74) is 2.23. The van der Waals surface area contributed by atoms with Gasteiger partial charge in [-0.3, -0.25) is 4.90 Å². The molecule has 0 atom stereocenters. The number of halogens is 1. The second-order valence-electron chi connectivity index (χ2n) is 6.18. The molecule has 19 heavy (non-hydrogen) atoms. The van der Waals surface area contributed by atoms with Crippen molar-refractivity contribution in [3.8, 4) is 0 Å². The van der Waals surface area contributed by atoms with E-state index in [1.54, 1.807) is 12.1 Å². The summed E-state index contributed by atoms with van der Waals surface area (Å²) in [4.78, 5) is 2.47. The summed E-state index contributed by atoms with van der Waals surface area (Å²) >= 11 is 0. The van der Waals surface area contributed by atoms with E-state index in [2.05, 4.69) is 31.7 Å². The average Bonchev–Trinajstić information content (AvgIpc) is 2.38. The maximum absolute atomic E-state index is 13.5. The first-order valence-corrected chi connectivity index (χ1v) is 7.59. The largest absolute Gasteiger partial charge is 0.299 e. The SMILES string of the molecule is CCc1cc(F)cc(CN2CCC(C(C)C)CC2)c1. The molecule has 106 valence electrons. The van der Waals surface area contributed by atoms with Crippen LogP contribution in [0.2, 0.25) is 0 Å². The first-order valence-electron chi connectivity index (χ1n) is 7.59. The lowest BCUT2D eigenvalue weighted by atomic mass is 9.86. The summed E-state index contributed by atoms with van der Waals surface area (Å²) in [6.45, 7) is 9.92. The highest BCUT2D eigenvalue weighted by molar-refractivity contribution is 5.24. The van der Waals surface area contributed by atoms with Crippen LogP contribution in [0.1, 0.15) is 44.7 Å². The molecule has 1 heterocycles. The minimum Gasteiger partial charge on any atom is -0.299 e. The van der Waals surface area contributed by atoms with Crippen molar-refractivity contribution < 1.29 is 4.39 Å². The van der Waals surface area contributed by atoms with Crippen molar-refractivity contribution in [2.45, 2.75) is 46.6 Å². The van der Waals surface area contributed by atoms with Crippen molar-refractivity contribution in [2.75, 3.05) is 13.1 Å². The molecule has 1 fully saturated rings. The Balaban J connectivity index is 1.93. The van der Waals surface area contributed by atoms with Gasteiger partial charge in [0.15, 0.2) is 0 Å². The lowest BCUT2D eigenvalue weighted by molar-refractivity contribution is 0.152. The van der Waals surface area contributed by atoms with Crippen LogP contribution in [0.5, 0.6) is 0 Å². The van der Waals surface area contributed by atoms with Gasteiger partial charge in [0.2, 0.25) is 0 Å². The summed E-state index contributed by atoms with van der Waals surface area (Å²) in [7, 11) is 0. The molecule has 0 spiro atoms. The number of hydrogen-bond acceptors (Lipinski definition) is 1. The predicted octanol–water partition coefficient (Wildman–Crippen LogP) is 4.26. The monoisotopic (exact) mass is 263 g/mol. The van der Waals surface area contributed by atoms with Gasteiger partial charge in [-0.15, -0.1) is 0 Å². The summed E-state index contributed by atoms with van der Waals surface area (Å²) in [6.07, 6.45) is 3.47. The average molecular weight is 263 g/mol. The van der Waals surface area contributed by atoms with Crippen LogP contribution >= 0.6 is 0 Å². The molecule has 1 saturated heterocycles. The number of nitrogens with zero attached hydrogens (tertiary/aromatic N) is 1. The van der Waals surface area contributed by atoms with E-state index in [0.717, 1.165) is 49.0 Å².